The van der Waals surface area contributed by atoms with E-state index in [9.17, 15) is 13.6 Å². The van der Waals surface area contributed by atoms with Crippen LogP contribution >= 0.6 is 0 Å². The average molecular weight is 327 g/mol. The second-order valence-electron chi connectivity index (χ2n) is 6.83. The Hall–Kier alpha value is -2.23. The maximum Gasteiger partial charge on any atom is 0.254 e. The van der Waals surface area contributed by atoms with Crippen molar-refractivity contribution in [3.05, 3.63) is 71.3 Å². The van der Waals surface area contributed by atoms with Crippen LogP contribution < -0.4 is 0 Å². The molecule has 0 spiro atoms. The van der Waals surface area contributed by atoms with E-state index < -0.39 is 0 Å². The van der Waals surface area contributed by atoms with Gasteiger partial charge >= 0.3 is 0 Å². The van der Waals surface area contributed by atoms with Crippen LogP contribution in [0.25, 0.3) is 0 Å². The molecule has 0 aliphatic carbocycles. The van der Waals surface area contributed by atoms with Crippen LogP contribution in [0.2, 0.25) is 0 Å². The van der Waals surface area contributed by atoms with Gasteiger partial charge in [0.15, 0.2) is 0 Å². The number of hydrogen-bond acceptors (Lipinski definition) is 1. The molecule has 0 saturated carbocycles. The summed E-state index contributed by atoms with van der Waals surface area (Å²) in [5.74, 6) is -0.311. The lowest BCUT2D eigenvalue weighted by atomic mass is 9.85. The van der Waals surface area contributed by atoms with Gasteiger partial charge in [-0.3, -0.25) is 4.79 Å². The number of hydrogen-bond donors (Lipinski definition) is 0. The van der Waals surface area contributed by atoms with Crippen molar-refractivity contribution in [2.24, 2.45) is 0 Å². The fourth-order valence-corrected chi connectivity index (χ4v) is 4.29. The summed E-state index contributed by atoms with van der Waals surface area (Å²) < 4.78 is 26.5. The van der Waals surface area contributed by atoms with Gasteiger partial charge in [-0.15, -0.1) is 0 Å². The van der Waals surface area contributed by atoms with E-state index >= 15 is 0 Å². The zero-order chi connectivity index (χ0) is 16.7. The van der Waals surface area contributed by atoms with Gasteiger partial charge in [-0.1, -0.05) is 18.2 Å². The number of amides is 1. The molecule has 2 bridgehead atoms. The molecule has 2 unspecified atom stereocenters. The molecular formula is C20H19F2NO. The number of rotatable bonds is 2. The van der Waals surface area contributed by atoms with Gasteiger partial charge in [0.2, 0.25) is 0 Å². The Morgan fingerprint density at radius 2 is 1.58 bits per heavy atom. The number of carbonyl (C=O) groups excluding carboxylic acids is 1. The summed E-state index contributed by atoms with van der Waals surface area (Å²) in [5, 5.41) is 0. The average Bonchev–Trinajstić information content (AvgIpc) is 2.84. The van der Waals surface area contributed by atoms with Crippen LogP contribution in [0.3, 0.4) is 0 Å². The van der Waals surface area contributed by atoms with Crippen LogP contribution in [0, 0.1) is 11.6 Å². The lowest BCUT2D eigenvalue weighted by molar-refractivity contribution is 0.0571. The third-order valence-corrected chi connectivity index (χ3v) is 5.38. The predicted octanol–water partition coefficient (Wildman–Crippen LogP) is 4.52. The summed E-state index contributed by atoms with van der Waals surface area (Å²) in [6, 6.07) is 13.0. The predicted molar refractivity (Wildman–Crippen MR) is 87.8 cm³/mol. The fourth-order valence-electron chi connectivity index (χ4n) is 4.29. The SMILES string of the molecule is O=C(c1cccc(F)c1)N1C2CCC1CC(c1ccc(F)cc1)C2. The molecule has 2 heterocycles. The molecule has 24 heavy (non-hydrogen) atoms. The highest BCUT2D eigenvalue weighted by Gasteiger charge is 2.43. The Balaban J connectivity index is 1.55. The molecule has 1 amide bonds. The Morgan fingerprint density at radius 1 is 0.917 bits per heavy atom. The van der Waals surface area contributed by atoms with Crippen LogP contribution in [0.1, 0.15) is 47.5 Å². The summed E-state index contributed by atoms with van der Waals surface area (Å²) in [6.07, 6.45) is 3.76. The molecule has 2 saturated heterocycles. The van der Waals surface area contributed by atoms with E-state index in [0.29, 0.717) is 11.5 Å². The first-order valence-corrected chi connectivity index (χ1v) is 8.45. The number of fused-ring (bicyclic) bond motifs is 2. The van der Waals surface area contributed by atoms with Gasteiger partial charge < -0.3 is 4.90 Å². The minimum absolute atomic E-state index is 0.0699. The second-order valence-corrected chi connectivity index (χ2v) is 6.83. The Morgan fingerprint density at radius 3 is 2.21 bits per heavy atom. The number of halogens is 2. The van der Waals surface area contributed by atoms with Gasteiger partial charge in [-0.25, -0.2) is 8.78 Å². The maximum absolute atomic E-state index is 13.4. The van der Waals surface area contributed by atoms with Crippen LogP contribution in [-0.2, 0) is 0 Å². The van der Waals surface area contributed by atoms with E-state index in [2.05, 4.69) is 0 Å². The minimum Gasteiger partial charge on any atom is -0.333 e. The van der Waals surface area contributed by atoms with E-state index in [1.54, 1.807) is 12.1 Å². The van der Waals surface area contributed by atoms with Crippen molar-refractivity contribution in [3.63, 3.8) is 0 Å². The lowest BCUT2D eigenvalue weighted by Crippen LogP contribution is -2.46. The normalized spacial score (nSPS) is 25.8. The van der Waals surface area contributed by atoms with E-state index in [4.69, 9.17) is 0 Å². The van der Waals surface area contributed by atoms with Crippen molar-refractivity contribution in [2.45, 2.75) is 43.7 Å². The van der Waals surface area contributed by atoms with Crippen LogP contribution in [0.4, 0.5) is 8.78 Å². The molecule has 0 aromatic heterocycles. The minimum atomic E-state index is -0.380. The van der Waals surface area contributed by atoms with E-state index in [1.807, 2.05) is 17.0 Å². The topological polar surface area (TPSA) is 20.3 Å². The highest BCUT2D eigenvalue weighted by atomic mass is 19.1. The molecule has 124 valence electrons. The number of benzene rings is 2. The second kappa shape index (κ2) is 6.00. The molecule has 4 heteroatoms. The molecule has 0 N–H and O–H groups in total. The third-order valence-electron chi connectivity index (χ3n) is 5.38. The van der Waals surface area contributed by atoms with Crippen molar-refractivity contribution in [1.82, 2.24) is 4.90 Å². The molecule has 2 atom stereocenters. The maximum atomic E-state index is 13.4. The monoisotopic (exact) mass is 327 g/mol. The van der Waals surface area contributed by atoms with Crippen molar-refractivity contribution in [2.75, 3.05) is 0 Å². The highest BCUT2D eigenvalue weighted by molar-refractivity contribution is 5.95. The summed E-state index contributed by atoms with van der Waals surface area (Å²) in [6.45, 7) is 0. The Bertz CT molecular complexity index is 744. The first kappa shape index (κ1) is 15.3. The van der Waals surface area contributed by atoms with E-state index in [1.165, 1.54) is 24.3 Å². The van der Waals surface area contributed by atoms with Crippen molar-refractivity contribution < 1.29 is 13.6 Å². The first-order valence-electron chi connectivity index (χ1n) is 8.45. The van der Waals surface area contributed by atoms with Crippen LogP contribution in [0.15, 0.2) is 48.5 Å². The van der Waals surface area contributed by atoms with Gasteiger partial charge in [0.05, 0.1) is 0 Å². The standard InChI is InChI=1S/C20H19F2NO/c21-16-6-4-13(5-7-16)15-11-18-8-9-19(12-15)23(18)20(24)14-2-1-3-17(22)10-14/h1-7,10,15,18-19H,8-9,11-12H2. The largest absolute Gasteiger partial charge is 0.333 e. The van der Waals surface area contributed by atoms with E-state index in [-0.39, 0.29) is 29.6 Å². The number of carbonyl (C=O) groups is 1. The first-order chi connectivity index (χ1) is 11.6. The quantitative estimate of drug-likeness (QED) is 0.794. The molecule has 4 rings (SSSR count). The highest BCUT2D eigenvalue weighted by Crippen LogP contribution is 2.43. The Labute approximate surface area is 140 Å². The molecule has 2 aliphatic heterocycles. The fraction of sp³-hybridized carbons (Fsp3) is 0.350. The molecule has 0 radical (unpaired) electrons. The number of nitrogens with zero attached hydrogens (tertiary/aromatic N) is 1. The third kappa shape index (κ3) is 2.70. The van der Waals surface area contributed by atoms with Gasteiger partial charge in [0.25, 0.3) is 5.91 Å². The molecule has 2 aromatic rings. The molecule has 2 aromatic carbocycles. The van der Waals surface area contributed by atoms with Crippen molar-refractivity contribution >= 4 is 5.91 Å². The zero-order valence-corrected chi connectivity index (χ0v) is 13.3. The number of piperidine rings is 1. The summed E-state index contributed by atoms with van der Waals surface area (Å²) in [5.41, 5.74) is 1.57. The molecular weight excluding hydrogens is 308 g/mol. The van der Waals surface area contributed by atoms with Crippen LogP contribution in [-0.4, -0.2) is 22.9 Å². The summed E-state index contributed by atoms with van der Waals surface area (Å²) in [4.78, 5) is 14.8. The van der Waals surface area contributed by atoms with Crippen molar-refractivity contribution in [3.8, 4) is 0 Å². The smallest absolute Gasteiger partial charge is 0.254 e. The lowest BCUT2D eigenvalue weighted by Gasteiger charge is -2.39. The molecule has 2 aliphatic rings. The zero-order valence-electron chi connectivity index (χ0n) is 13.3. The van der Waals surface area contributed by atoms with Crippen molar-refractivity contribution in [1.29, 1.82) is 0 Å². The van der Waals surface area contributed by atoms with Crippen LogP contribution in [0.5, 0.6) is 0 Å². The van der Waals surface area contributed by atoms with E-state index in [0.717, 1.165) is 31.2 Å². The Kier molecular flexibility index (Phi) is 3.83. The molecule has 2 nitrogen and oxygen atoms in total. The van der Waals surface area contributed by atoms with Gasteiger partial charge in [0.1, 0.15) is 11.6 Å². The summed E-state index contributed by atoms with van der Waals surface area (Å²) in [7, 11) is 0. The van der Waals surface area contributed by atoms with Gasteiger partial charge in [0, 0.05) is 17.6 Å². The summed E-state index contributed by atoms with van der Waals surface area (Å²) >= 11 is 0. The molecule has 2 fully saturated rings. The van der Waals surface area contributed by atoms with Gasteiger partial charge in [-0.05, 0) is 67.5 Å². The van der Waals surface area contributed by atoms with Gasteiger partial charge in [-0.2, -0.15) is 0 Å².